The molecule has 0 spiro atoms. The van der Waals surface area contributed by atoms with Crippen LogP contribution in [0.3, 0.4) is 0 Å². The van der Waals surface area contributed by atoms with Gasteiger partial charge in [0.15, 0.2) is 0 Å². The Bertz CT molecular complexity index is 562. The summed E-state index contributed by atoms with van der Waals surface area (Å²) in [6.07, 6.45) is 5.16. The van der Waals surface area contributed by atoms with Crippen molar-refractivity contribution in [1.82, 2.24) is 0 Å². The van der Waals surface area contributed by atoms with Gasteiger partial charge in [-0.1, -0.05) is 0 Å². The molecule has 0 N–H and O–H groups in total. The molecule has 25 heavy (non-hydrogen) atoms. The summed E-state index contributed by atoms with van der Waals surface area (Å²) in [4.78, 5) is 0. The molecule has 136 valence electrons. The normalized spacial score (nSPS) is 11.4. The van der Waals surface area contributed by atoms with Gasteiger partial charge in [0.2, 0.25) is 0 Å². The first kappa shape index (κ1) is 20.2. The van der Waals surface area contributed by atoms with E-state index in [1.807, 2.05) is 0 Å². The molecule has 0 bridgehead atoms. The first-order valence-corrected chi connectivity index (χ1v) is 16.4. The molecule has 0 aliphatic carbocycles. The average Bonchev–Trinajstić information content (AvgIpc) is 2.69. The maximum atomic E-state index is 5.39. The van der Waals surface area contributed by atoms with Crippen molar-refractivity contribution in [1.29, 1.82) is 0 Å². The van der Waals surface area contributed by atoms with Crippen molar-refractivity contribution in [3.63, 3.8) is 0 Å². The number of benzene rings is 2. The van der Waals surface area contributed by atoms with E-state index in [4.69, 9.17) is 9.47 Å². The van der Waals surface area contributed by atoms with Gasteiger partial charge in [0, 0.05) is 0 Å². The molecule has 2 nitrogen and oxygen atoms in total. The second-order valence-corrected chi connectivity index (χ2v) is 19.1. The second-order valence-electron chi connectivity index (χ2n) is 6.75. The van der Waals surface area contributed by atoms with Gasteiger partial charge in [-0.2, -0.15) is 0 Å². The molecular formula is C22H32O2Sn. The minimum atomic E-state index is -2.71. The van der Waals surface area contributed by atoms with Crippen molar-refractivity contribution in [3.8, 4) is 11.5 Å². The topological polar surface area (TPSA) is 18.5 Å². The van der Waals surface area contributed by atoms with Crippen molar-refractivity contribution in [3.05, 3.63) is 48.5 Å². The molecule has 0 atom stereocenters. The molecule has 0 saturated carbocycles. The zero-order valence-corrected chi connectivity index (χ0v) is 19.0. The SMILES string of the molecule is CCC[CH2][Sn]([CH2]CCC)([c]1ccc(OC)cc1)[c]1ccc(OC)cc1. The van der Waals surface area contributed by atoms with Crippen LogP contribution in [-0.4, -0.2) is 32.6 Å². The summed E-state index contributed by atoms with van der Waals surface area (Å²) in [5.74, 6) is 1.90. The summed E-state index contributed by atoms with van der Waals surface area (Å²) in [6, 6.07) is 17.9. The Balaban J connectivity index is 2.51. The average molecular weight is 447 g/mol. The summed E-state index contributed by atoms with van der Waals surface area (Å²) in [6.45, 7) is 4.61. The van der Waals surface area contributed by atoms with Crippen LogP contribution in [0.2, 0.25) is 8.87 Å². The fourth-order valence-corrected chi connectivity index (χ4v) is 18.7. The predicted molar refractivity (Wildman–Crippen MR) is 110 cm³/mol. The molecular weight excluding hydrogens is 415 g/mol. The fraction of sp³-hybridized carbons (Fsp3) is 0.455. The van der Waals surface area contributed by atoms with Crippen molar-refractivity contribution >= 4 is 25.5 Å². The molecule has 0 aromatic heterocycles. The summed E-state index contributed by atoms with van der Waals surface area (Å²) in [7, 11) is 3.48. The van der Waals surface area contributed by atoms with E-state index in [9.17, 15) is 0 Å². The van der Waals surface area contributed by atoms with Gasteiger partial charge in [-0.15, -0.1) is 0 Å². The molecule has 0 saturated heterocycles. The van der Waals surface area contributed by atoms with Gasteiger partial charge >= 0.3 is 158 Å². The summed E-state index contributed by atoms with van der Waals surface area (Å²) < 4.78 is 16.7. The molecule has 2 aromatic carbocycles. The number of methoxy groups -OCH3 is 2. The van der Waals surface area contributed by atoms with Crippen LogP contribution < -0.4 is 16.6 Å². The van der Waals surface area contributed by atoms with Crippen molar-refractivity contribution in [2.75, 3.05) is 14.2 Å². The van der Waals surface area contributed by atoms with Gasteiger partial charge in [-0.05, 0) is 0 Å². The molecule has 0 fully saturated rings. The van der Waals surface area contributed by atoms with Crippen LogP contribution in [0.5, 0.6) is 11.5 Å². The van der Waals surface area contributed by atoms with E-state index in [1.54, 1.807) is 21.4 Å². The Labute approximate surface area is 157 Å². The quantitative estimate of drug-likeness (QED) is 0.485. The predicted octanol–water partition coefficient (Wildman–Crippen LogP) is 4.87. The summed E-state index contributed by atoms with van der Waals surface area (Å²) in [5.41, 5.74) is 0. The van der Waals surface area contributed by atoms with Crippen LogP contribution in [0.4, 0.5) is 0 Å². The standard InChI is InChI=1S/2C7H7O.2C4H9.Sn/c2*1-8-7-5-3-2-4-6-7;2*1-3-4-2;/h2*3-6H,1H3;2*1,3-4H2,2H3;. The first-order valence-electron chi connectivity index (χ1n) is 9.49. The Morgan fingerprint density at radius 2 is 1.00 bits per heavy atom. The Morgan fingerprint density at radius 1 is 0.640 bits per heavy atom. The van der Waals surface area contributed by atoms with E-state index < -0.39 is 18.4 Å². The van der Waals surface area contributed by atoms with E-state index >= 15 is 0 Å². The second kappa shape index (κ2) is 10.1. The van der Waals surface area contributed by atoms with Gasteiger partial charge in [-0.3, -0.25) is 0 Å². The molecule has 0 aliphatic rings. The number of rotatable bonds is 10. The maximum absolute atomic E-state index is 5.39. The minimum absolute atomic E-state index is 0.949. The van der Waals surface area contributed by atoms with Crippen LogP contribution in [0.25, 0.3) is 0 Å². The molecule has 2 aromatic rings. The Hall–Kier alpha value is -1.16. The van der Waals surface area contributed by atoms with Gasteiger partial charge in [0.05, 0.1) is 0 Å². The molecule has 3 heteroatoms. The van der Waals surface area contributed by atoms with Gasteiger partial charge < -0.3 is 0 Å². The van der Waals surface area contributed by atoms with Crippen LogP contribution in [0.1, 0.15) is 39.5 Å². The molecule has 0 aliphatic heterocycles. The Kier molecular flexibility index (Phi) is 8.14. The van der Waals surface area contributed by atoms with Gasteiger partial charge in [0.25, 0.3) is 0 Å². The van der Waals surface area contributed by atoms with Crippen LogP contribution in [0.15, 0.2) is 48.5 Å². The van der Waals surface area contributed by atoms with Gasteiger partial charge in [-0.25, -0.2) is 0 Å². The molecule has 0 heterocycles. The zero-order valence-electron chi connectivity index (χ0n) is 16.2. The van der Waals surface area contributed by atoms with E-state index in [1.165, 1.54) is 34.6 Å². The molecule has 0 amide bonds. The van der Waals surface area contributed by atoms with Crippen molar-refractivity contribution in [2.45, 2.75) is 48.4 Å². The van der Waals surface area contributed by atoms with Crippen LogP contribution in [0, 0.1) is 0 Å². The van der Waals surface area contributed by atoms with E-state index in [0.717, 1.165) is 11.5 Å². The first-order chi connectivity index (χ1) is 12.2. The Morgan fingerprint density at radius 3 is 1.28 bits per heavy atom. The third-order valence-corrected chi connectivity index (χ3v) is 20.3. The van der Waals surface area contributed by atoms with Crippen LogP contribution in [-0.2, 0) is 0 Å². The van der Waals surface area contributed by atoms with Crippen LogP contribution >= 0.6 is 0 Å². The summed E-state index contributed by atoms with van der Waals surface area (Å²) in [5, 5.41) is 0. The molecule has 0 radical (unpaired) electrons. The third kappa shape index (κ3) is 4.93. The number of unbranched alkanes of at least 4 members (excludes halogenated alkanes) is 2. The molecule has 0 unspecified atom stereocenters. The zero-order chi connectivity index (χ0) is 18.1. The number of ether oxygens (including phenoxy) is 2. The van der Waals surface area contributed by atoms with Crippen molar-refractivity contribution < 1.29 is 9.47 Å². The van der Waals surface area contributed by atoms with E-state index in [0.29, 0.717) is 0 Å². The fourth-order valence-electron chi connectivity index (χ4n) is 3.65. The van der Waals surface area contributed by atoms with E-state index in [-0.39, 0.29) is 0 Å². The third-order valence-electron chi connectivity index (χ3n) is 5.20. The van der Waals surface area contributed by atoms with E-state index in [2.05, 4.69) is 62.4 Å². The summed E-state index contributed by atoms with van der Waals surface area (Å²) >= 11 is -2.71. The number of hydrogen-bond donors (Lipinski definition) is 0. The number of hydrogen-bond acceptors (Lipinski definition) is 2. The van der Waals surface area contributed by atoms with Crippen molar-refractivity contribution in [2.24, 2.45) is 0 Å². The monoisotopic (exact) mass is 448 g/mol. The molecule has 2 rings (SSSR count). The van der Waals surface area contributed by atoms with Gasteiger partial charge in [0.1, 0.15) is 0 Å².